The maximum absolute atomic E-state index is 12.8. The molecule has 0 N–H and O–H groups in total. The number of rotatable bonds is 56. The van der Waals surface area contributed by atoms with Crippen LogP contribution < -0.4 is 0 Å². The molecule has 0 saturated carbocycles. The molecule has 0 aliphatic rings. The van der Waals surface area contributed by atoms with Crippen LogP contribution in [0.5, 0.6) is 0 Å². The van der Waals surface area contributed by atoms with E-state index in [1.807, 2.05) is 6.08 Å². The van der Waals surface area contributed by atoms with Gasteiger partial charge in [0.25, 0.3) is 0 Å². The summed E-state index contributed by atoms with van der Waals surface area (Å²) in [7, 11) is 0. The zero-order chi connectivity index (χ0) is 52.9. The van der Waals surface area contributed by atoms with Crippen LogP contribution in [0, 0.1) is 0 Å². The Bertz CT molecular complexity index is 1400. The standard InChI is InChI=1S/C67H116O6/c1-4-7-10-13-16-19-22-25-27-28-29-30-31-32-33-34-35-36-37-38-40-42-45-48-51-54-57-60-66(69)72-63-64(62-71-65(68)59-56-53-50-47-44-41-24-21-18-15-12-9-6-3)73-67(70)61-58-55-52-49-46-43-39-26-23-20-17-14-11-8-5-2/h8,11,17,20,22,25-26,28-29,39,46,49,55,58,64H,4-7,9-10,12-16,18-19,21,23-24,27,30-38,40-45,47-48,50-54,56-57,59-63H2,1-3H3/b11-8-,20-17-,25-22-,29-28-,39-26-,49-46-,58-55-. The van der Waals surface area contributed by atoms with Gasteiger partial charge in [-0.15, -0.1) is 0 Å². The van der Waals surface area contributed by atoms with Crippen LogP contribution in [0.4, 0.5) is 0 Å². The summed E-state index contributed by atoms with van der Waals surface area (Å²) in [6.45, 7) is 6.46. The number of allylic oxidation sites excluding steroid dienone is 13. The molecule has 0 heterocycles. The van der Waals surface area contributed by atoms with Gasteiger partial charge in [-0.05, 0) is 77.0 Å². The van der Waals surface area contributed by atoms with Crippen molar-refractivity contribution in [3.63, 3.8) is 0 Å². The van der Waals surface area contributed by atoms with Crippen LogP contribution >= 0.6 is 0 Å². The van der Waals surface area contributed by atoms with Gasteiger partial charge in [-0.2, -0.15) is 0 Å². The third-order valence-corrected chi connectivity index (χ3v) is 13.4. The average molecular weight is 1020 g/mol. The quantitative estimate of drug-likeness (QED) is 0.0261. The summed E-state index contributed by atoms with van der Waals surface area (Å²) in [5, 5.41) is 0. The molecule has 6 heteroatoms. The van der Waals surface area contributed by atoms with Crippen LogP contribution in [0.3, 0.4) is 0 Å². The molecule has 0 aliphatic carbocycles. The molecule has 0 spiro atoms. The van der Waals surface area contributed by atoms with Gasteiger partial charge in [0.05, 0.1) is 6.42 Å². The molecule has 0 aliphatic heterocycles. The minimum absolute atomic E-state index is 0.0989. The molecule has 420 valence electrons. The van der Waals surface area contributed by atoms with Crippen molar-refractivity contribution in [2.75, 3.05) is 13.2 Å². The van der Waals surface area contributed by atoms with E-state index in [2.05, 4.69) is 93.7 Å². The number of unbranched alkanes of at least 4 members (excludes halogenated alkanes) is 32. The van der Waals surface area contributed by atoms with E-state index in [-0.39, 0.29) is 31.6 Å². The van der Waals surface area contributed by atoms with E-state index in [0.29, 0.717) is 12.8 Å². The van der Waals surface area contributed by atoms with Crippen molar-refractivity contribution < 1.29 is 28.6 Å². The Kier molecular flexibility index (Phi) is 58.3. The number of esters is 3. The fourth-order valence-electron chi connectivity index (χ4n) is 8.79. The minimum atomic E-state index is -0.829. The second-order valence-electron chi connectivity index (χ2n) is 20.6. The Morgan fingerprint density at radius 3 is 0.904 bits per heavy atom. The molecule has 0 aromatic carbocycles. The first-order chi connectivity index (χ1) is 36.0. The molecule has 0 aromatic rings. The molecule has 0 bridgehead atoms. The van der Waals surface area contributed by atoms with Crippen LogP contribution in [-0.2, 0) is 28.6 Å². The van der Waals surface area contributed by atoms with Gasteiger partial charge in [0, 0.05) is 12.8 Å². The van der Waals surface area contributed by atoms with Crippen LogP contribution in [0.25, 0.3) is 0 Å². The van der Waals surface area contributed by atoms with Crippen LogP contribution in [0.15, 0.2) is 85.1 Å². The fourth-order valence-corrected chi connectivity index (χ4v) is 8.79. The van der Waals surface area contributed by atoms with Crippen molar-refractivity contribution >= 4 is 17.9 Å². The van der Waals surface area contributed by atoms with Gasteiger partial charge in [-0.3, -0.25) is 14.4 Å². The molecule has 6 nitrogen and oxygen atoms in total. The average Bonchev–Trinajstić information content (AvgIpc) is 3.39. The summed E-state index contributed by atoms with van der Waals surface area (Å²) in [5.74, 6) is -1.03. The lowest BCUT2D eigenvalue weighted by Crippen LogP contribution is -2.30. The van der Waals surface area contributed by atoms with Crippen LogP contribution in [-0.4, -0.2) is 37.2 Å². The maximum Gasteiger partial charge on any atom is 0.310 e. The van der Waals surface area contributed by atoms with E-state index in [4.69, 9.17) is 14.2 Å². The maximum atomic E-state index is 12.8. The molecule has 0 rings (SSSR count). The summed E-state index contributed by atoms with van der Waals surface area (Å²) in [4.78, 5) is 38.1. The highest BCUT2D eigenvalue weighted by Gasteiger charge is 2.19. The van der Waals surface area contributed by atoms with Gasteiger partial charge in [0.1, 0.15) is 13.2 Å². The Labute approximate surface area is 452 Å². The van der Waals surface area contributed by atoms with E-state index in [1.54, 1.807) is 6.08 Å². The van der Waals surface area contributed by atoms with E-state index >= 15 is 0 Å². The number of carbonyl (C=O) groups excluding carboxylic acids is 3. The van der Waals surface area contributed by atoms with Crippen LogP contribution in [0.2, 0.25) is 0 Å². The van der Waals surface area contributed by atoms with Crippen molar-refractivity contribution in [1.29, 1.82) is 0 Å². The second-order valence-corrected chi connectivity index (χ2v) is 20.6. The molecule has 0 saturated heterocycles. The first-order valence-electron chi connectivity index (χ1n) is 31.1. The van der Waals surface area contributed by atoms with Gasteiger partial charge in [0.15, 0.2) is 6.10 Å². The van der Waals surface area contributed by atoms with Crippen molar-refractivity contribution in [3.05, 3.63) is 85.1 Å². The van der Waals surface area contributed by atoms with Gasteiger partial charge >= 0.3 is 17.9 Å². The molecule has 0 fully saturated rings. The highest BCUT2D eigenvalue weighted by molar-refractivity contribution is 5.72. The smallest absolute Gasteiger partial charge is 0.310 e. The number of carbonyl (C=O) groups is 3. The summed E-state index contributed by atoms with van der Waals surface area (Å²) in [6, 6.07) is 0. The summed E-state index contributed by atoms with van der Waals surface area (Å²) in [5.41, 5.74) is 0. The molecular formula is C67H116O6. The lowest BCUT2D eigenvalue weighted by molar-refractivity contribution is -0.166. The monoisotopic (exact) mass is 1020 g/mol. The molecule has 73 heavy (non-hydrogen) atoms. The highest BCUT2D eigenvalue weighted by atomic mass is 16.6. The normalized spacial score (nSPS) is 12.6. The van der Waals surface area contributed by atoms with Gasteiger partial charge < -0.3 is 14.2 Å². The second kappa shape index (κ2) is 61.1. The summed E-state index contributed by atoms with van der Waals surface area (Å²) in [6.07, 6.45) is 80.5. The fraction of sp³-hybridized carbons (Fsp3) is 0.746. The highest BCUT2D eigenvalue weighted by Crippen LogP contribution is 2.16. The van der Waals surface area contributed by atoms with E-state index in [9.17, 15) is 14.4 Å². The topological polar surface area (TPSA) is 78.9 Å². The predicted octanol–water partition coefficient (Wildman–Crippen LogP) is 21.1. The van der Waals surface area contributed by atoms with E-state index in [0.717, 1.165) is 77.0 Å². The zero-order valence-electron chi connectivity index (χ0n) is 48.1. The third-order valence-electron chi connectivity index (χ3n) is 13.4. The zero-order valence-corrected chi connectivity index (χ0v) is 48.1. The summed E-state index contributed by atoms with van der Waals surface area (Å²) >= 11 is 0. The Morgan fingerprint density at radius 1 is 0.301 bits per heavy atom. The lowest BCUT2D eigenvalue weighted by atomic mass is 10.0. The summed E-state index contributed by atoms with van der Waals surface area (Å²) < 4.78 is 16.8. The van der Waals surface area contributed by atoms with Crippen LogP contribution in [0.1, 0.15) is 303 Å². The van der Waals surface area contributed by atoms with Crippen molar-refractivity contribution in [2.45, 2.75) is 309 Å². The Balaban J connectivity index is 4.30. The minimum Gasteiger partial charge on any atom is -0.462 e. The molecule has 0 amide bonds. The first kappa shape index (κ1) is 69.6. The predicted molar refractivity (Wildman–Crippen MR) is 316 cm³/mol. The van der Waals surface area contributed by atoms with Gasteiger partial charge in [-0.1, -0.05) is 292 Å². The number of hydrogen-bond acceptors (Lipinski definition) is 6. The molecular weight excluding hydrogens is 901 g/mol. The van der Waals surface area contributed by atoms with Gasteiger partial charge in [0.2, 0.25) is 0 Å². The molecule has 1 unspecified atom stereocenters. The van der Waals surface area contributed by atoms with Crippen molar-refractivity contribution in [1.82, 2.24) is 0 Å². The largest absolute Gasteiger partial charge is 0.462 e. The Morgan fingerprint density at radius 2 is 0.575 bits per heavy atom. The van der Waals surface area contributed by atoms with Crippen molar-refractivity contribution in [2.24, 2.45) is 0 Å². The molecule has 0 radical (unpaired) electrons. The molecule has 1 atom stereocenters. The Hall–Kier alpha value is -3.41. The van der Waals surface area contributed by atoms with Gasteiger partial charge in [-0.25, -0.2) is 0 Å². The number of ether oxygens (including phenoxy) is 3. The SMILES string of the molecule is CC/C=C\C/C=C\C/C=C\C/C=C\C/C=C\CC(=O)OC(COC(=O)CCCCCCCCCCCCCCC)COC(=O)CCCCCCCCCCCCCCCCC/C=C\C/C=C\CCCCCCC. The van der Waals surface area contributed by atoms with Crippen molar-refractivity contribution in [3.8, 4) is 0 Å². The number of hydrogen-bond donors (Lipinski definition) is 0. The lowest BCUT2D eigenvalue weighted by Gasteiger charge is -2.18. The van der Waals surface area contributed by atoms with E-state index in [1.165, 1.54) is 186 Å². The molecule has 0 aromatic heterocycles. The van der Waals surface area contributed by atoms with E-state index < -0.39 is 12.1 Å². The first-order valence-corrected chi connectivity index (χ1v) is 31.1. The third kappa shape index (κ3) is 59.3.